The number of rotatable bonds is 3. The summed E-state index contributed by atoms with van der Waals surface area (Å²) in [6.45, 7) is 4.18. The second-order valence-corrected chi connectivity index (χ2v) is 6.69. The highest BCUT2D eigenvalue weighted by Gasteiger charge is 2.15. The van der Waals surface area contributed by atoms with Gasteiger partial charge in [0.15, 0.2) is 0 Å². The van der Waals surface area contributed by atoms with E-state index in [1.807, 2.05) is 0 Å². The van der Waals surface area contributed by atoms with Crippen LogP contribution >= 0.6 is 22.6 Å². The number of halogens is 1. The zero-order valence-corrected chi connectivity index (χ0v) is 14.1. The predicted molar refractivity (Wildman–Crippen MR) is 94.6 cm³/mol. The second-order valence-electron chi connectivity index (χ2n) is 5.45. The van der Waals surface area contributed by atoms with Crippen molar-refractivity contribution in [3.8, 4) is 0 Å². The topological polar surface area (TPSA) is 15.3 Å². The zero-order valence-electron chi connectivity index (χ0n) is 11.9. The van der Waals surface area contributed by atoms with Crippen LogP contribution in [0, 0.1) is 10.5 Å². The minimum Gasteiger partial charge on any atom is -0.381 e. The first kappa shape index (κ1) is 13.7. The van der Waals surface area contributed by atoms with Gasteiger partial charge in [-0.05, 0) is 76.9 Å². The molecular weight excluding hydrogens is 359 g/mol. The van der Waals surface area contributed by atoms with Crippen molar-refractivity contribution in [2.24, 2.45) is 0 Å². The molecule has 0 aliphatic carbocycles. The van der Waals surface area contributed by atoms with E-state index in [-0.39, 0.29) is 0 Å². The maximum absolute atomic E-state index is 3.54. The third-order valence-corrected chi connectivity index (χ3v) is 4.61. The van der Waals surface area contributed by atoms with Crippen LogP contribution in [0.3, 0.4) is 0 Å². The van der Waals surface area contributed by atoms with Crippen LogP contribution in [-0.2, 0) is 13.0 Å². The minimum absolute atomic E-state index is 0.887. The van der Waals surface area contributed by atoms with Crippen molar-refractivity contribution >= 4 is 34.0 Å². The van der Waals surface area contributed by atoms with Crippen molar-refractivity contribution in [2.75, 3.05) is 23.8 Å². The molecule has 1 aliphatic heterocycles. The minimum atomic E-state index is 0.887. The van der Waals surface area contributed by atoms with Gasteiger partial charge in [0.1, 0.15) is 0 Å². The number of aryl methyl sites for hydroxylation is 1. The Bertz CT molecular complexity index is 637. The van der Waals surface area contributed by atoms with E-state index < -0.39 is 0 Å². The highest BCUT2D eigenvalue weighted by Crippen LogP contribution is 2.27. The van der Waals surface area contributed by atoms with Crippen LogP contribution < -0.4 is 10.2 Å². The Balaban J connectivity index is 1.73. The molecule has 20 heavy (non-hydrogen) atoms. The molecule has 1 heterocycles. The first-order valence-corrected chi connectivity index (χ1v) is 8.04. The molecule has 104 valence electrons. The zero-order chi connectivity index (χ0) is 14.1. The number of nitrogens with one attached hydrogen (secondary N) is 1. The smallest absolute Gasteiger partial charge is 0.0401 e. The van der Waals surface area contributed by atoms with Crippen LogP contribution in [0.1, 0.15) is 16.7 Å². The van der Waals surface area contributed by atoms with Gasteiger partial charge >= 0.3 is 0 Å². The number of hydrogen-bond donors (Lipinski definition) is 1. The molecule has 0 unspecified atom stereocenters. The lowest BCUT2D eigenvalue weighted by atomic mass is 10.1. The molecule has 0 bridgehead atoms. The van der Waals surface area contributed by atoms with Gasteiger partial charge in [-0.25, -0.2) is 0 Å². The summed E-state index contributed by atoms with van der Waals surface area (Å²) in [4.78, 5) is 2.33. The van der Waals surface area contributed by atoms with Gasteiger partial charge in [0.25, 0.3) is 0 Å². The molecule has 0 radical (unpaired) electrons. The molecule has 0 atom stereocenters. The number of anilines is 2. The molecule has 1 aliphatic rings. The van der Waals surface area contributed by atoms with E-state index in [4.69, 9.17) is 0 Å². The highest BCUT2D eigenvalue weighted by atomic mass is 127. The summed E-state index contributed by atoms with van der Waals surface area (Å²) < 4.78 is 1.28. The predicted octanol–water partition coefficient (Wildman–Crippen LogP) is 4.20. The second kappa shape index (κ2) is 5.64. The fraction of sp³-hybridized carbons (Fsp3) is 0.294. The third kappa shape index (κ3) is 2.77. The van der Waals surface area contributed by atoms with Crippen molar-refractivity contribution in [3.05, 3.63) is 56.7 Å². The van der Waals surface area contributed by atoms with Crippen molar-refractivity contribution < 1.29 is 0 Å². The largest absolute Gasteiger partial charge is 0.381 e. The maximum atomic E-state index is 3.54. The average molecular weight is 378 g/mol. The van der Waals surface area contributed by atoms with Gasteiger partial charge in [-0.3, -0.25) is 0 Å². The summed E-state index contributed by atoms with van der Waals surface area (Å²) in [7, 11) is 2.17. The molecule has 3 rings (SSSR count). The number of fused-ring (bicyclic) bond motifs is 1. The Morgan fingerprint density at radius 1 is 1.20 bits per heavy atom. The summed E-state index contributed by atoms with van der Waals surface area (Å²) >= 11 is 2.35. The van der Waals surface area contributed by atoms with Gasteiger partial charge < -0.3 is 10.2 Å². The molecule has 0 fully saturated rings. The number of likely N-dealkylation sites (N-methyl/N-ethyl adjacent to an activating group) is 1. The van der Waals surface area contributed by atoms with Crippen molar-refractivity contribution in [3.63, 3.8) is 0 Å². The Morgan fingerprint density at radius 3 is 2.85 bits per heavy atom. The maximum Gasteiger partial charge on any atom is 0.0401 e. The SMILES string of the molecule is Cc1cc(I)ccc1NCc1ccc2c(c1)CCN2C. The molecular formula is C17H19IN2. The summed E-state index contributed by atoms with van der Waals surface area (Å²) in [5.41, 5.74) is 6.75. The van der Waals surface area contributed by atoms with Crippen LogP contribution in [0.2, 0.25) is 0 Å². The molecule has 0 aromatic heterocycles. The van der Waals surface area contributed by atoms with Crippen LogP contribution in [0.5, 0.6) is 0 Å². The van der Waals surface area contributed by atoms with Crippen LogP contribution in [0.25, 0.3) is 0 Å². The summed E-state index contributed by atoms with van der Waals surface area (Å²) in [6, 6.07) is 13.3. The van der Waals surface area contributed by atoms with E-state index in [2.05, 4.69) is 83.2 Å². The quantitative estimate of drug-likeness (QED) is 0.806. The fourth-order valence-corrected chi connectivity index (χ4v) is 3.40. The fourth-order valence-electron chi connectivity index (χ4n) is 2.75. The molecule has 0 saturated carbocycles. The van der Waals surface area contributed by atoms with Gasteiger partial charge in [0.05, 0.1) is 0 Å². The van der Waals surface area contributed by atoms with E-state index in [1.54, 1.807) is 0 Å². The lowest BCUT2D eigenvalue weighted by molar-refractivity contribution is 0.955. The molecule has 3 heteroatoms. The lowest BCUT2D eigenvalue weighted by Gasteiger charge is -2.13. The van der Waals surface area contributed by atoms with Gasteiger partial charge in [0.2, 0.25) is 0 Å². The van der Waals surface area contributed by atoms with Crippen LogP contribution in [-0.4, -0.2) is 13.6 Å². The van der Waals surface area contributed by atoms with Gasteiger partial charge in [0, 0.05) is 35.1 Å². The van der Waals surface area contributed by atoms with Crippen molar-refractivity contribution in [1.29, 1.82) is 0 Å². The molecule has 1 N–H and O–H groups in total. The van der Waals surface area contributed by atoms with E-state index in [1.165, 1.54) is 38.1 Å². The third-order valence-electron chi connectivity index (χ3n) is 3.94. The van der Waals surface area contributed by atoms with Gasteiger partial charge in [-0.15, -0.1) is 0 Å². The molecule has 0 saturated heterocycles. The standard InChI is InChI=1S/C17H19IN2/c1-12-9-15(18)4-5-16(12)19-11-13-3-6-17-14(10-13)7-8-20(17)2/h3-6,9-10,19H,7-8,11H2,1-2H3. The van der Waals surface area contributed by atoms with Gasteiger partial charge in [-0.1, -0.05) is 12.1 Å². The van der Waals surface area contributed by atoms with Crippen LogP contribution in [0.15, 0.2) is 36.4 Å². The lowest BCUT2D eigenvalue weighted by Crippen LogP contribution is -2.12. The number of hydrogen-bond acceptors (Lipinski definition) is 2. The Kier molecular flexibility index (Phi) is 3.87. The van der Waals surface area contributed by atoms with E-state index >= 15 is 0 Å². The summed E-state index contributed by atoms with van der Waals surface area (Å²) in [5.74, 6) is 0. The first-order valence-electron chi connectivity index (χ1n) is 6.96. The molecule has 2 nitrogen and oxygen atoms in total. The average Bonchev–Trinajstić information content (AvgIpc) is 2.79. The first-order chi connectivity index (χ1) is 9.63. The Hall–Kier alpha value is -1.23. The van der Waals surface area contributed by atoms with Crippen molar-refractivity contribution in [1.82, 2.24) is 0 Å². The highest BCUT2D eigenvalue weighted by molar-refractivity contribution is 14.1. The summed E-state index contributed by atoms with van der Waals surface area (Å²) in [5, 5.41) is 3.54. The monoisotopic (exact) mass is 378 g/mol. The number of benzene rings is 2. The molecule has 0 spiro atoms. The molecule has 0 amide bonds. The van der Waals surface area contributed by atoms with E-state index in [9.17, 15) is 0 Å². The summed E-state index contributed by atoms with van der Waals surface area (Å²) in [6.07, 6.45) is 1.17. The van der Waals surface area contributed by atoms with E-state index in [0.29, 0.717) is 0 Å². The molecule has 2 aromatic rings. The van der Waals surface area contributed by atoms with Crippen LogP contribution in [0.4, 0.5) is 11.4 Å². The van der Waals surface area contributed by atoms with Crippen molar-refractivity contribution in [2.45, 2.75) is 19.9 Å². The Labute approximate surface area is 134 Å². The van der Waals surface area contributed by atoms with E-state index in [0.717, 1.165) is 13.1 Å². The molecule has 2 aromatic carbocycles. The van der Waals surface area contributed by atoms with Gasteiger partial charge in [-0.2, -0.15) is 0 Å². The number of nitrogens with zero attached hydrogens (tertiary/aromatic N) is 1. The Morgan fingerprint density at radius 2 is 2.05 bits per heavy atom. The normalized spacial score (nSPS) is 13.4.